The molecule has 1 aromatic heterocycles. The summed E-state index contributed by atoms with van der Waals surface area (Å²) in [5.74, 6) is 2.09. The van der Waals surface area contributed by atoms with Crippen molar-refractivity contribution in [2.75, 3.05) is 13.2 Å². The molecule has 2 aliphatic rings. The Labute approximate surface area is 136 Å². The van der Waals surface area contributed by atoms with E-state index >= 15 is 0 Å². The number of aromatic nitrogens is 1. The second-order valence-corrected chi connectivity index (χ2v) is 6.63. The highest BCUT2D eigenvalue weighted by molar-refractivity contribution is 5.65. The van der Waals surface area contributed by atoms with Gasteiger partial charge >= 0.3 is 6.09 Å². The predicted molar refractivity (Wildman–Crippen MR) is 84.8 cm³/mol. The molecule has 0 spiro atoms. The van der Waals surface area contributed by atoms with Crippen LogP contribution in [0.2, 0.25) is 0 Å². The minimum absolute atomic E-state index is 0.176. The molecule has 126 valence electrons. The lowest BCUT2D eigenvalue weighted by atomic mass is 9.80. The topological polar surface area (TPSA) is 71.9 Å². The van der Waals surface area contributed by atoms with Crippen molar-refractivity contribution in [1.82, 2.24) is 9.88 Å². The molecule has 23 heavy (non-hydrogen) atoms. The first-order valence-electron chi connectivity index (χ1n) is 8.32. The summed E-state index contributed by atoms with van der Waals surface area (Å²) < 4.78 is 11.8. The van der Waals surface area contributed by atoms with Crippen molar-refractivity contribution in [3.8, 4) is 11.8 Å². The van der Waals surface area contributed by atoms with E-state index in [-0.39, 0.29) is 6.10 Å². The molecule has 6 nitrogen and oxygen atoms in total. The van der Waals surface area contributed by atoms with Crippen LogP contribution < -0.4 is 9.47 Å². The summed E-state index contributed by atoms with van der Waals surface area (Å²) in [7, 11) is 0. The summed E-state index contributed by atoms with van der Waals surface area (Å²) in [5, 5.41) is 9.14. The third-order valence-electron chi connectivity index (χ3n) is 4.84. The van der Waals surface area contributed by atoms with Crippen LogP contribution in [0.1, 0.15) is 38.7 Å². The lowest BCUT2D eigenvalue weighted by molar-refractivity contribution is 0.0507. The van der Waals surface area contributed by atoms with Gasteiger partial charge in [0.1, 0.15) is 12.7 Å². The smallest absolute Gasteiger partial charge is 0.407 e. The van der Waals surface area contributed by atoms with Gasteiger partial charge in [-0.25, -0.2) is 4.79 Å². The average molecular weight is 320 g/mol. The molecule has 1 amide bonds. The lowest BCUT2D eigenvalue weighted by Gasteiger charge is -2.34. The Balaban J connectivity index is 1.76. The molecule has 3 rings (SSSR count). The zero-order valence-corrected chi connectivity index (χ0v) is 13.7. The quantitative estimate of drug-likeness (QED) is 0.906. The maximum atomic E-state index is 11.1. The summed E-state index contributed by atoms with van der Waals surface area (Å²) in [6.07, 6.45) is 2.87. The van der Waals surface area contributed by atoms with Crippen LogP contribution in [0.5, 0.6) is 11.8 Å². The maximum absolute atomic E-state index is 11.1. The first kappa shape index (κ1) is 15.9. The van der Waals surface area contributed by atoms with E-state index in [2.05, 4.69) is 18.8 Å². The van der Waals surface area contributed by atoms with Gasteiger partial charge in [-0.15, -0.1) is 0 Å². The van der Waals surface area contributed by atoms with Crippen molar-refractivity contribution in [2.45, 2.75) is 45.8 Å². The molecule has 6 heteroatoms. The molecule has 1 fully saturated rings. The molecule has 2 heterocycles. The predicted octanol–water partition coefficient (Wildman–Crippen LogP) is 3.16. The molecule has 0 saturated heterocycles. The van der Waals surface area contributed by atoms with E-state index in [9.17, 15) is 4.79 Å². The van der Waals surface area contributed by atoms with Crippen molar-refractivity contribution in [1.29, 1.82) is 0 Å². The number of hydrogen-bond acceptors (Lipinski definition) is 4. The Hall–Kier alpha value is -1.98. The number of hydrogen-bond donors (Lipinski definition) is 1. The largest absolute Gasteiger partial charge is 0.475 e. The van der Waals surface area contributed by atoms with Gasteiger partial charge in [0, 0.05) is 11.6 Å². The van der Waals surface area contributed by atoms with Crippen molar-refractivity contribution < 1.29 is 19.4 Å². The Morgan fingerprint density at radius 2 is 2.09 bits per heavy atom. The van der Waals surface area contributed by atoms with Crippen molar-refractivity contribution in [3.05, 3.63) is 17.7 Å². The van der Waals surface area contributed by atoms with Gasteiger partial charge in [0.15, 0.2) is 0 Å². The van der Waals surface area contributed by atoms with Crippen LogP contribution in [0.3, 0.4) is 0 Å². The highest BCUT2D eigenvalue weighted by Gasteiger charge is 2.30. The Bertz CT molecular complexity index is 568. The Morgan fingerprint density at radius 3 is 2.78 bits per heavy atom. The first-order valence-corrected chi connectivity index (χ1v) is 8.32. The van der Waals surface area contributed by atoms with E-state index < -0.39 is 6.09 Å². The fourth-order valence-corrected chi connectivity index (χ4v) is 3.49. The standard InChI is InChI=1S/C17H24N2O4/c1-11-4-3-5-12(2)15(11)23-14-7-6-13-10-19(17(20)21)8-9-22-16(13)18-14/h6-7,11-12,15H,3-5,8-10H2,1-2H3,(H,20,21). The van der Waals surface area contributed by atoms with Crippen molar-refractivity contribution >= 4 is 6.09 Å². The summed E-state index contributed by atoms with van der Waals surface area (Å²) in [6, 6.07) is 3.68. The normalized spacial score (nSPS) is 27.6. The van der Waals surface area contributed by atoms with Gasteiger partial charge in [-0.3, -0.25) is 0 Å². The zero-order chi connectivity index (χ0) is 16.4. The SMILES string of the molecule is CC1CCCC(C)C1Oc1ccc2c(n1)OCCN(C(=O)O)C2. The number of ether oxygens (including phenoxy) is 2. The number of pyridine rings is 1. The van der Waals surface area contributed by atoms with Gasteiger partial charge in [-0.05, 0) is 30.7 Å². The molecule has 1 N–H and O–H groups in total. The highest BCUT2D eigenvalue weighted by atomic mass is 16.5. The van der Waals surface area contributed by atoms with Crippen molar-refractivity contribution in [2.24, 2.45) is 11.8 Å². The monoisotopic (exact) mass is 320 g/mol. The summed E-state index contributed by atoms with van der Waals surface area (Å²) in [5.41, 5.74) is 0.780. The average Bonchev–Trinajstić information content (AvgIpc) is 2.73. The first-order chi connectivity index (χ1) is 11.0. The Morgan fingerprint density at radius 1 is 1.35 bits per heavy atom. The minimum Gasteiger partial charge on any atom is -0.475 e. The highest BCUT2D eigenvalue weighted by Crippen LogP contribution is 2.33. The number of carbonyl (C=O) groups is 1. The molecule has 1 saturated carbocycles. The lowest BCUT2D eigenvalue weighted by Crippen LogP contribution is -2.35. The number of nitrogens with zero attached hydrogens (tertiary/aromatic N) is 2. The number of carboxylic acid groups (broad SMARTS) is 1. The van der Waals surface area contributed by atoms with Gasteiger partial charge in [0.05, 0.1) is 13.1 Å². The zero-order valence-electron chi connectivity index (χ0n) is 13.7. The van der Waals surface area contributed by atoms with Crippen LogP contribution in [0, 0.1) is 11.8 Å². The molecule has 0 bridgehead atoms. The van der Waals surface area contributed by atoms with Gasteiger partial charge < -0.3 is 19.5 Å². The number of amides is 1. The summed E-state index contributed by atoms with van der Waals surface area (Å²) in [6.45, 7) is 5.41. The summed E-state index contributed by atoms with van der Waals surface area (Å²) >= 11 is 0. The molecule has 1 aliphatic heterocycles. The third-order valence-corrected chi connectivity index (χ3v) is 4.84. The van der Waals surface area contributed by atoms with E-state index in [1.807, 2.05) is 12.1 Å². The van der Waals surface area contributed by atoms with Gasteiger partial charge in [-0.2, -0.15) is 4.98 Å². The van der Waals surface area contributed by atoms with Crippen molar-refractivity contribution in [3.63, 3.8) is 0 Å². The van der Waals surface area contributed by atoms with E-state index in [0.29, 0.717) is 43.3 Å². The van der Waals surface area contributed by atoms with E-state index in [4.69, 9.17) is 14.6 Å². The van der Waals surface area contributed by atoms with Crippen LogP contribution in [-0.2, 0) is 6.54 Å². The molecule has 1 aliphatic carbocycles. The van der Waals surface area contributed by atoms with Gasteiger partial charge in [0.2, 0.25) is 11.8 Å². The molecule has 0 aromatic carbocycles. The van der Waals surface area contributed by atoms with E-state index in [1.54, 1.807) is 0 Å². The summed E-state index contributed by atoms with van der Waals surface area (Å²) in [4.78, 5) is 16.9. The molecular weight excluding hydrogens is 296 g/mol. The minimum atomic E-state index is -0.938. The van der Waals surface area contributed by atoms with Crippen LogP contribution in [0.15, 0.2) is 12.1 Å². The Kier molecular flexibility index (Phi) is 4.59. The molecule has 2 unspecified atom stereocenters. The molecule has 0 radical (unpaired) electrons. The van der Waals surface area contributed by atoms with Crippen LogP contribution in [0.25, 0.3) is 0 Å². The van der Waals surface area contributed by atoms with Crippen LogP contribution >= 0.6 is 0 Å². The van der Waals surface area contributed by atoms with E-state index in [1.165, 1.54) is 24.2 Å². The second-order valence-electron chi connectivity index (χ2n) is 6.63. The maximum Gasteiger partial charge on any atom is 0.407 e. The van der Waals surface area contributed by atoms with Gasteiger partial charge in [-0.1, -0.05) is 20.3 Å². The van der Waals surface area contributed by atoms with Crippen LogP contribution in [-0.4, -0.2) is 40.3 Å². The molecule has 2 atom stereocenters. The fourth-order valence-electron chi connectivity index (χ4n) is 3.49. The number of fused-ring (bicyclic) bond motifs is 1. The third kappa shape index (κ3) is 3.51. The molecular formula is C17H24N2O4. The van der Waals surface area contributed by atoms with Gasteiger partial charge in [0.25, 0.3) is 0 Å². The van der Waals surface area contributed by atoms with E-state index in [0.717, 1.165) is 5.56 Å². The van der Waals surface area contributed by atoms with Crippen LogP contribution in [0.4, 0.5) is 4.79 Å². The molecule has 1 aromatic rings. The second kappa shape index (κ2) is 6.64. The fraction of sp³-hybridized carbons (Fsp3) is 0.647. The number of rotatable bonds is 2.